The van der Waals surface area contributed by atoms with E-state index in [1.165, 1.54) is 6.26 Å². The van der Waals surface area contributed by atoms with Crippen LogP contribution in [-0.4, -0.2) is 5.11 Å². The molecular weight excluding hydrogens is 196 g/mol. The van der Waals surface area contributed by atoms with Crippen molar-refractivity contribution in [2.24, 2.45) is 0 Å². The quantitative estimate of drug-likeness (QED) is 0.701. The Bertz CT molecular complexity index is 259. The Morgan fingerprint density at radius 2 is 2.50 bits per heavy atom. The Balaban J connectivity index is 2.87. The van der Waals surface area contributed by atoms with Crippen molar-refractivity contribution in [3.63, 3.8) is 0 Å². The van der Waals surface area contributed by atoms with Crippen LogP contribution < -0.4 is 0 Å². The number of furan rings is 1. The molecule has 1 unspecified atom stereocenters. The second-order valence-electron chi connectivity index (χ2n) is 1.75. The Hall–Kier alpha value is -0.720. The van der Waals surface area contributed by atoms with Gasteiger partial charge in [0, 0.05) is 5.56 Å². The molecule has 0 aliphatic heterocycles. The molecule has 0 saturated heterocycles. The molecule has 0 amide bonds. The molecule has 0 aromatic carbocycles. The molecule has 10 heavy (non-hydrogen) atoms. The Labute approximate surface area is 67.0 Å². The van der Waals surface area contributed by atoms with E-state index in [1.54, 1.807) is 6.07 Å². The summed E-state index contributed by atoms with van der Waals surface area (Å²) in [7, 11) is 0. The fourth-order valence-corrected chi connectivity index (χ4v) is 0.921. The van der Waals surface area contributed by atoms with Gasteiger partial charge in [-0.15, -0.1) is 6.42 Å². The summed E-state index contributed by atoms with van der Waals surface area (Å²) in [4.78, 5) is 0. The minimum absolute atomic E-state index is 0.566. The van der Waals surface area contributed by atoms with Crippen LogP contribution in [0.1, 0.15) is 11.7 Å². The van der Waals surface area contributed by atoms with Gasteiger partial charge in [0.2, 0.25) is 0 Å². The van der Waals surface area contributed by atoms with Crippen LogP contribution in [0.3, 0.4) is 0 Å². The van der Waals surface area contributed by atoms with Gasteiger partial charge in [0.25, 0.3) is 0 Å². The van der Waals surface area contributed by atoms with E-state index in [-0.39, 0.29) is 0 Å². The van der Waals surface area contributed by atoms with Crippen LogP contribution in [0.25, 0.3) is 0 Å². The lowest BCUT2D eigenvalue weighted by Crippen LogP contribution is -1.88. The van der Waals surface area contributed by atoms with E-state index < -0.39 is 6.10 Å². The number of terminal acetylenes is 1. The lowest BCUT2D eigenvalue weighted by atomic mass is 10.2. The maximum absolute atomic E-state index is 9.03. The molecule has 52 valence electrons. The number of halogens is 1. The molecule has 1 atom stereocenters. The normalized spacial score (nSPS) is 12.5. The first kappa shape index (κ1) is 7.39. The topological polar surface area (TPSA) is 33.4 Å². The predicted molar refractivity (Wildman–Crippen MR) is 40.2 cm³/mol. The Morgan fingerprint density at radius 1 is 1.80 bits per heavy atom. The third kappa shape index (κ3) is 1.41. The van der Waals surface area contributed by atoms with Gasteiger partial charge < -0.3 is 9.52 Å². The van der Waals surface area contributed by atoms with Crippen molar-refractivity contribution in [3.05, 3.63) is 22.6 Å². The van der Waals surface area contributed by atoms with Gasteiger partial charge in [-0.25, -0.2) is 0 Å². The van der Waals surface area contributed by atoms with E-state index in [1.807, 2.05) is 0 Å². The number of aliphatic hydroxyl groups is 1. The highest BCUT2D eigenvalue weighted by Gasteiger charge is 2.05. The average molecular weight is 201 g/mol. The van der Waals surface area contributed by atoms with E-state index in [0.29, 0.717) is 10.2 Å². The first-order chi connectivity index (χ1) is 4.74. The standard InChI is InChI=1S/C7H5BrO2/c1-2-6(9)5-3-7(8)10-4-5/h1,3-4,6,9H. The van der Waals surface area contributed by atoms with E-state index in [0.717, 1.165) is 0 Å². The highest BCUT2D eigenvalue weighted by molar-refractivity contribution is 9.10. The van der Waals surface area contributed by atoms with Gasteiger partial charge in [-0.1, -0.05) is 5.92 Å². The average Bonchev–Trinajstić information content (AvgIpc) is 2.34. The zero-order chi connectivity index (χ0) is 7.56. The van der Waals surface area contributed by atoms with Crippen LogP contribution in [0.15, 0.2) is 21.4 Å². The maximum Gasteiger partial charge on any atom is 0.169 e. The van der Waals surface area contributed by atoms with Crippen LogP contribution in [0, 0.1) is 12.3 Å². The predicted octanol–water partition coefficient (Wildman–Crippen LogP) is 1.71. The van der Waals surface area contributed by atoms with Gasteiger partial charge in [0.05, 0.1) is 6.26 Å². The van der Waals surface area contributed by atoms with Crippen molar-refractivity contribution in [1.29, 1.82) is 0 Å². The van der Waals surface area contributed by atoms with Crippen LogP contribution >= 0.6 is 15.9 Å². The van der Waals surface area contributed by atoms with Gasteiger partial charge >= 0.3 is 0 Å². The maximum atomic E-state index is 9.03. The number of hydrogen-bond donors (Lipinski definition) is 1. The summed E-state index contributed by atoms with van der Waals surface area (Å²) >= 11 is 3.08. The third-order valence-electron chi connectivity index (χ3n) is 1.06. The highest BCUT2D eigenvalue weighted by Crippen LogP contribution is 2.19. The van der Waals surface area contributed by atoms with E-state index in [9.17, 15) is 0 Å². The van der Waals surface area contributed by atoms with E-state index in [2.05, 4.69) is 21.9 Å². The molecule has 1 aromatic heterocycles. The van der Waals surface area contributed by atoms with Gasteiger partial charge in [-0.3, -0.25) is 0 Å². The molecular formula is C7H5BrO2. The summed E-state index contributed by atoms with van der Waals surface area (Å²) in [5.41, 5.74) is 0.592. The molecule has 0 aliphatic rings. The lowest BCUT2D eigenvalue weighted by molar-refractivity contribution is 0.237. The third-order valence-corrected chi connectivity index (χ3v) is 1.48. The summed E-state index contributed by atoms with van der Waals surface area (Å²) in [6, 6.07) is 1.63. The fourth-order valence-electron chi connectivity index (χ4n) is 0.563. The summed E-state index contributed by atoms with van der Waals surface area (Å²) < 4.78 is 5.42. The summed E-state index contributed by atoms with van der Waals surface area (Å²) in [5.74, 6) is 2.17. The summed E-state index contributed by atoms with van der Waals surface area (Å²) in [6.07, 6.45) is 5.50. The van der Waals surface area contributed by atoms with Crippen LogP contribution in [0.2, 0.25) is 0 Å². The van der Waals surface area contributed by atoms with Crippen molar-refractivity contribution in [1.82, 2.24) is 0 Å². The van der Waals surface area contributed by atoms with E-state index in [4.69, 9.17) is 15.9 Å². The smallest absolute Gasteiger partial charge is 0.169 e. The minimum atomic E-state index is -0.866. The second-order valence-corrected chi connectivity index (χ2v) is 2.53. The highest BCUT2D eigenvalue weighted by atomic mass is 79.9. The monoisotopic (exact) mass is 200 g/mol. The molecule has 0 spiro atoms. The van der Waals surface area contributed by atoms with Crippen LogP contribution in [-0.2, 0) is 0 Å². The first-order valence-electron chi connectivity index (χ1n) is 2.62. The number of rotatable bonds is 1. The molecule has 1 rings (SSSR count). The Morgan fingerprint density at radius 3 is 2.90 bits per heavy atom. The molecule has 0 bridgehead atoms. The number of aliphatic hydroxyl groups excluding tert-OH is 1. The zero-order valence-corrected chi connectivity index (χ0v) is 6.63. The Kier molecular flexibility index (Phi) is 2.15. The van der Waals surface area contributed by atoms with Crippen molar-refractivity contribution >= 4 is 15.9 Å². The van der Waals surface area contributed by atoms with Gasteiger partial charge in [0.15, 0.2) is 4.67 Å². The second kappa shape index (κ2) is 2.91. The van der Waals surface area contributed by atoms with E-state index >= 15 is 0 Å². The molecule has 0 saturated carbocycles. The zero-order valence-electron chi connectivity index (χ0n) is 5.04. The summed E-state index contributed by atoms with van der Waals surface area (Å²) in [6.45, 7) is 0. The molecule has 0 fully saturated rings. The van der Waals surface area contributed by atoms with Gasteiger partial charge in [-0.05, 0) is 22.0 Å². The molecule has 1 N–H and O–H groups in total. The lowest BCUT2D eigenvalue weighted by Gasteiger charge is -1.94. The van der Waals surface area contributed by atoms with Crippen LogP contribution in [0.5, 0.6) is 0 Å². The number of hydrogen-bond acceptors (Lipinski definition) is 2. The van der Waals surface area contributed by atoms with Gasteiger partial charge in [-0.2, -0.15) is 0 Å². The molecule has 1 heterocycles. The molecule has 2 nitrogen and oxygen atoms in total. The van der Waals surface area contributed by atoms with Gasteiger partial charge in [0.1, 0.15) is 6.10 Å². The van der Waals surface area contributed by atoms with Crippen molar-refractivity contribution < 1.29 is 9.52 Å². The summed E-state index contributed by atoms with van der Waals surface area (Å²) in [5, 5.41) is 9.03. The molecule has 3 heteroatoms. The largest absolute Gasteiger partial charge is 0.457 e. The molecule has 1 aromatic rings. The van der Waals surface area contributed by atoms with Crippen molar-refractivity contribution in [2.75, 3.05) is 0 Å². The van der Waals surface area contributed by atoms with Crippen molar-refractivity contribution in [2.45, 2.75) is 6.10 Å². The first-order valence-corrected chi connectivity index (χ1v) is 3.41. The SMILES string of the molecule is C#CC(O)c1coc(Br)c1. The molecule has 0 radical (unpaired) electrons. The van der Waals surface area contributed by atoms with Crippen molar-refractivity contribution in [3.8, 4) is 12.3 Å². The minimum Gasteiger partial charge on any atom is -0.457 e. The van der Waals surface area contributed by atoms with Crippen LogP contribution in [0.4, 0.5) is 0 Å². The fraction of sp³-hybridized carbons (Fsp3) is 0.143. The molecule has 0 aliphatic carbocycles.